The van der Waals surface area contributed by atoms with Crippen molar-refractivity contribution < 1.29 is 9.63 Å². The molecule has 0 radical (unpaired) electrons. The minimum absolute atomic E-state index is 0.257. The van der Waals surface area contributed by atoms with Gasteiger partial charge in [0.25, 0.3) is 0 Å². The van der Waals surface area contributed by atoms with Crippen molar-refractivity contribution in [1.29, 1.82) is 0 Å². The van der Waals surface area contributed by atoms with Crippen LogP contribution in [0.4, 0.5) is 0 Å². The molecule has 1 aromatic rings. The number of aromatic nitrogens is 2. The fourth-order valence-electron chi connectivity index (χ4n) is 1.62. The molecule has 1 saturated heterocycles. The second-order valence-electron chi connectivity index (χ2n) is 4.12. The van der Waals surface area contributed by atoms with Crippen molar-refractivity contribution in [3.63, 3.8) is 0 Å². The number of thioether (sulfide) groups is 2. The van der Waals surface area contributed by atoms with E-state index >= 15 is 0 Å². The first-order chi connectivity index (χ1) is 8.09. The highest BCUT2D eigenvalue weighted by atomic mass is 32.2. The summed E-state index contributed by atoms with van der Waals surface area (Å²) in [4.78, 5) is 4.31. The van der Waals surface area contributed by atoms with Gasteiger partial charge in [-0.1, -0.05) is 12.1 Å². The van der Waals surface area contributed by atoms with Crippen molar-refractivity contribution in [2.45, 2.75) is 36.5 Å². The lowest BCUT2D eigenvalue weighted by atomic mass is 10.2. The summed E-state index contributed by atoms with van der Waals surface area (Å²) in [5.41, 5.74) is 5.76. The van der Waals surface area contributed by atoms with Gasteiger partial charge in [-0.25, -0.2) is 0 Å². The molecule has 1 aromatic heterocycles. The lowest BCUT2D eigenvalue weighted by Gasteiger charge is -2.24. The van der Waals surface area contributed by atoms with Crippen LogP contribution < -0.4 is 5.73 Å². The molecule has 0 amide bonds. The number of rotatable bonds is 3. The Morgan fingerprint density at radius 1 is 1.47 bits per heavy atom. The standard InChI is InChI=1S/C10H17N3O2S2/c1-5(14)7(11)10-12-9(13-15-10)8-6(2)16-3-4-17-8/h5-8,14H,3-4,11H2,1-2H3/t5-,6?,7+,8?/m1/s1. The number of nitrogens with zero attached hydrogens (tertiary/aromatic N) is 2. The number of aliphatic hydroxyl groups excluding tert-OH is 1. The average Bonchev–Trinajstić information content (AvgIpc) is 2.77. The Morgan fingerprint density at radius 2 is 2.18 bits per heavy atom. The molecular weight excluding hydrogens is 258 g/mol. The SMILES string of the molecule is CC1SCCSC1c1noc([C@@H](N)[C@@H](C)O)n1. The fourth-order valence-corrected chi connectivity index (χ4v) is 4.30. The van der Waals surface area contributed by atoms with Crippen molar-refractivity contribution in [1.82, 2.24) is 10.1 Å². The van der Waals surface area contributed by atoms with Gasteiger partial charge in [0.2, 0.25) is 5.89 Å². The largest absolute Gasteiger partial charge is 0.391 e. The molecule has 96 valence electrons. The van der Waals surface area contributed by atoms with E-state index in [2.05, 4.69) is 17.1 Å². The molecule has 0 spiro atoms. The molecule has 1 aliphatic rings. The van der Waals surface area contributed by atoms with Crippen LogP contribution in [0.2, 0.25) is 0 Å². The molecule has 3 N–H and O–H groups in total. The summed E-state index contributed by atoms with van der Waals surface area (Å²) in [5.74, 6) is 3.28. The van der Waals surface area contributed by atoms with Crippen LogP contribution >= 0.6 is 23.5 Å². The van der Waals surface area contributed by atoms with Crippen molar-refractivity contribution in [3.05, 3.63) is 11.7 Å². The highest BCUT2D eigenvalue weighted by Crippen LogP contribution is 2.41. The van der Waals surface area contributed by atoms with E-state index in [1.165, 1.54) is 5.75 Å². The van der Waals surface area contributed by atoms with Crippen molar-refractivity contribution in [2.75, 3.05) is 11.5 Å². The highest BCUT2D eigenvalue weighted by Gasteiger charge is 2.29. The maximum atomic E-state index is 9.38. The van der Waals surface area contributed by atoms with Crippen LogP contribution in [0.3, 0.4) is 0 Å². The number of aliphatic hydroxyl groups is 1. The summed E-state index contributed by atoms with van der Waals surface area (Å²) < 4.78 is 5.12. The molecule has 2 rings (SSSR count). The van der Waals surface area contributed by atoms with Gasteiger partial charge in [-0.05, 0) is 6.92 Å². The van der Waals surface area contributed by atoms with Gasteiger partial charge in [0.1, 0.15) is 6.04 Å². The number of hydrogen-bond donors (Lipinski definition) is 2. The highest BCUT2D eigenvalue weighted by molar-refractivity contribution is 8.06. The summed E-state index contributed by atoms with van der Waals surface area (Å²) in [5, 5.41) is 14.1. The van der Waals surface area contributed by atoms with Crippen LogP contribution in [0.5, 0.6) is 0 Å². The Labute approximate surface area is 109 Å². The molecule has 5 nitrogen and oxygen atoms in total. The van der Waals surface area contributed by atoms with Gasteiger partial charge in [-0.2, -0.15) is 16.7 Å². The fraction of sp³-hybridized carbons (Fsp3) is 0.800. The summed E-state index contributed by atoms with van der Waals surface area (Å²) in [6, 6.07) is -0.604. The minimum atomic E-state index is -0.686. The third-order valence-corrected chi connectivity index (χ3v) is 5.79. The topological polar surface area (TPSA) is 85.2 Å². The Kier molecular flexibility index (Phi) is 4.35. The molecule has 1 fully saturated rings. The second kappa shape index (κ2) is 5.60. The van der Waals surface area contributed by atoms with Gasteiger partial charge in [0.15, 0.2) is 5.82 Å². The van der Waals surface area contributed by atoms with Crippen LogP contribution in [-0.4, -0.2) is 38.1 Å². The summed E-state index contributed by atoms with van der Waals surface area (Å²) in [6.07, 6.45) is -0.686. The third kappa shape index (κ3) is 2.96. The van der Waals surface area contributed by atoms with Gasteiger partial charge in [-0.3, -0.25) is 0 Å². The zero-order valence-electron chi connectivity index (χ0n) is 9.87. The van der Waals surface area contributed by atoms with Crippen LogP contribution in [0.1, 0.15) is 36.9 Å². The molecule has 4 atom stereocenters. The van der Waals surface area contributed by atoms with E-state index in [-0.39, 0.29) is 5.25 Å². The molecule has 2 heterocycles. The van der Waals surface area contributed by atoms with Gasteiger partial charge in [-0.15, -0.1) is 11.8 Å². The van der Waals surface area contributed by atoms with E-state index < -0.39 is 12.1 Å². The van der Waals surface area contributed by atoms with Crippen molar-refractivity contribution >= 4 is 23.5 Å². The Balaban J connectivity index is 2.12. The van der Waals surface area contributed by atoms with Crippen LogP contribution in [0, 0.1) is 0 Å². The first-order valence-electron chi connectivity index (χ1n) is 5.60. The molecule has 0 aromatic carbocycles. The molecule has 2 unspecified atom stereocenters. The number of nitrogens with two attached hydrogens (primary N) is 1. The van der Waals surface area contributed by atoms with E-state index in [0.717, 1.165) is 5.75 Å². The van der Waals surface area contributed by atoms with E-state index in [1.807, 2.05) is 23.5 Å². The first kappa shape index (κ1) is 13.2. The van der Waals surface area contributed by atoms with E-state index in [4.69, 9.17) is 10.3 Å². The Hall–Kier alpha value is -0.240. The third-order valence-electron chi connectivity index (χ3n) is 2.70. The van der Waals surface area contributed by atoms with Gasteiger partial charge in [0, 0.05) is 16.8 Å². The predicted octanol–water partition coefficient (Wildman–Crippen LogP) is 1.36. The smallest absolute Gasteiger partial charge is 0.246 e. The minimum Gasteiger partial charge on any atom is -0.391 e. The predicted molar refractivity (Wildman–Crippen MR) is 70.0 cm³/mol. The Morgan fingerprint density at radius 3 is 2.82 bits per heavy atom. The molecule has 7 heteroatoms. The zero-order valence-corrected chi connectivity index (χ0v) is 11.5. The molecule has 0 aliphatic carbocycles. The molecular formula is C10H17N3O2S2. The lowest BCUT2D eigenvalue weighted by molar-refractivity contribution is 0.146. The first-order valence-corrected chi connectivity index (χ1v) is 7.69. The van der Waals surface area contributed by atoms with Crippen LogP contribution in [0.25, 0.3) is 0 Å². The van der Waals surface area contributed by atoms with Gasteiger partial charge >= 0.3 is 0 Å². The second-order valence-corrected chi connectivity index (χ2v) is 6.86. The number of hydrogen-bond acceptors (Lipinski definition) is 7. The van der Waals surface area contributed by atoms with Gasteiger partial charge in [0.05, 0.1) is 11.4 Å². The van der Waals surface area contributed by atoms with E-state index in [9.17, 15) is 5.11 Å². The summed E-state index contributed by atoms with van der Waals surface area (Å²) >= 11 is 3.77. The van der Waals surface area contributed by atoms with Crippen LogP contribution in [-0.2, 0) is 0 Å². The molecule has 0 saturated carbocycles. The van der Waals surface area contributed by atoms with Crippen molar-refractivity contribution in [3.8, 4) is 0 Å². The molecule has 1 aliphatic heterocycles. The molecule has 0 bridgehead atoms. The van der Waals surface area contributed by atoms with Gasteiger partial charge < -0.3 is 15.4 Å². The lowest BCUT2D eigenvalue weighted by Crippen LogP contribution is -2.23. The van der Waals surface area contributed by atoms with Crippen molar-refractivity contribution in [2.24, 2.45) is 5.73 Å². The Bertz CT molecular complexity index is 372. The normalized spacial score (nSPS) is 28.9. The zero-order chi connectivity index (χ0) is 12.4. The summed E-state index contributed by atoms with van der Waals surface area (Å²) in [7, 11) is 0. The summed E-state index contributed by atoms with van der Waals surface area (Å²) in [6.45, 7) is 3.79. The molecule has 17 heavy (non-hydrogen) atoms. The maximum absolute atomic E-state index is 9.38. The maximum Gasteiger partial charge on any atom is 0.246 e. The average molecular weight is 275 g/mol. The van der Waals surface area contributed by atoms with E-state index in [1.54, 1.807) is 6.92 Å². The van der Waals surface area contributed by atoms with E-state index in [0.29, 0.717) is 17.0 Å². The monoisotopic (exact) mass is 275 g/mol. The quantitative estimate of drug-likeness (QED) is 0.861. The van der Waals surface area contributed by atoms with Crippen LogP contribution in [0.15, 0.2) is 4.52 Å².